The first-order chi connectivity index (χ1) is 9.58. The molecule has 0 saturated carbocycles. The summed E-state index contributed by atoms with van der Waals surface area (Å²) in [7, 11) is 0. The number of pyridine rings is 1. The molecule has 0 atom stereocenters. The van der Waals surface area contributed by atoms with Crippen LogP contribution in [0.25, 0.3) is 16.6 Å². The van der Waals surface area contributed by atoms with E-state index in [1.165, 1.54) is 0 Å². The van der Waals surface area contributed by atoms with Crippen LogP contribution in [0.2, 0.25) is 0 Å². The normalized spacial score (nSPS) is 10.9. The van der Waals surface area contributed by atoms with Gasteiger partial charge in [0.15, 0.2) is 5.69 Å². The molecule has 0 aliphatic heterocycles. The Kier molecular flexibility index (Phi) is 3.67. The van der Waals surface area contributed by atoms with Crippen LogP contribution in [-0.2, 0) is 0 Å². The fraction of sp³-hybridized carbons (Fsp3) is 0. The zero-order valence-electron chi connectivity index (χ0n) is 10.0. The Morgan fingerprint density at radius 2 is 1.80 bits per heavy atom. The van der Waals surface area contributed by atoms with E-state index in [1.54, 1.807) is 4.52 Å². The summed E-state index contributed by atoms with van der Waals surface area (Å²) in [5.74, 6) is -1.00. The van der Waals surface area contributed by atoms with Crippen LogP contribution in [0.5, 0.6) is 0 Å². The summed E-state index contributed by atoms with van der Waals surface area (Å²) < 4.78 is 3.20. The van der Waals surface area contributed by atoms with Gasteiger partial charge in [-0.2, -0.15) is 5.10 Å². The minimum atomic E-state index is -1.00. The van der Waals surface area contributed by atoms with Gasteiger partial charge in [0.1, 0.15) is 3.70 Å². The number of carboxylic acid groups (broad SMARTS) is 1. The third kappa shape index (κ3) is 2.30. The van der Waals surface area contributed by atoms with Crippen LogP contribution >= 0.6 is 45.2 Å². The summed E-state index contributed by atoms with van der Waals surface area (Å²) in [6, 6.07) is 14.0. The van der Waals surface area contributed by atoms with Crippen LogP contribution < -0.4 is 0 Å². The molecule has 0 saturated heterocycles. The average molecular weight is 490 g/mol. The Hall–Kier alpha value is -1.16. The number of aromatic carboxylic acids is 1. The number of nitrogens with zero attached hydrogens (tertiary/aromatic N) is 2. The highest BCUT2D eigenvalue weighted by atomic mass is 127. The largest absolute Gasteiger partial charge is 0.476 e. The molecule has 4 nitrogen and oxygen atoms in total. The Morgan fingerprint density at radius 1 is 1.10 bits per heavy atom. The molecule has 100 valence electrons. The molecule has 0 unspecified atom stereocenters. The number of rotatable bonds is 2. The average Bonchev–Trinajstić information content (AvgIpc) is 2.78. The molecular weight excluding hydrogens is 482 g/mol. The Labute approximate surface area is 142 Å². The van der Waals surface area contributed by atoms with Crippen molar-refractivity contribution in [1.82, 2.24) is 9.61 Å². The van der Waals surface area contributed by atoms with Gasteiger partial charge in [-0.15, -0.1) is 0 Å². The van der Waals surface area contributed by atoms with Crippen molar-refractivity contribution >= 4 is 56.7 Å². The van der Waals surface area contributed by atoms with Gasteiger partial charge in [0.2, 0.25) is 0 Å². The van der Waals surface area contributed by atoms with Crippen molar-refractivity contribution in [2.24, 2.45) is 0 Å². The van der Waals surface area contributed by atoms with Gasteiger partial charge < -0.3 is 5.11 Å². The number of carbonyl (C=O) groups is 1. The number of aromatic nitrogens is 2. The van der Waals surface area contributed by atoms with Crippen LogP contribution in [0.4, 0.5) is 0 Å². The lowest BCUT2D eigenvalue weighted by Gasteiger charge is -2.04. The quantitative estimate of drug-likeness (QED) is 0.438. The second-order valence-electron chi connectivity index (χ2n) is 4.20. The Bertz CT molecular complexity index is 813. The first-order valence-electron chi connectivity index (χ1n) is 5.74. The van der Waals surface area contributed by atoms with Gasteiger partial charge in [-0.1, -0.05) is 30.3 Å². The highest BCUT2D eigenvalue weighted by molar-refractivity contribution is 14.1. The third-order valence-corrected chi connectivity index (χ3v) is 4.77. The zero-order valence-corrected chi connectivity index (χ0v) is 14.4. The van der Waals surface area contributed by atoms with Gasteiger partial charge in [-0.3, -0.25) is 0 Å². The number of benzene rings is 1. The van der Waals surface area contributed by atoms with Crippen molar-refractivity contribution < 1.29 is 9.90 Å². The maximum atomic E-state index is 11.2. The molecular formula is C14H8I2N2O2. The molecule has 1 aromatic carbocycles. The van der Waals surface area contributed by atoms with E-state index in [0.29, 0.717) is 3.57 Å². The molecule has 20 heavy (non-hydrogen) atoms. The molecule has 2 aromatic heterocycles. The number of carboxylic acids is 1. The smallest absolute Gasteiger partial charge is 0.357 e. The predicted molar refractivity (Wildman–Crippen MR) is 93.0 cm³/mol. The summed E-state index contributed by atoms with van der Waals surface area (Å²) in [6.45, 7) is 0. The van der Waals surface area contributed by atoms with Crippen LogP contribution in [0, 0.1) is 7.27 Å². The van der Waals surface area contributed by atoms with E-state index in [-0.39, 0.29) is 5.69 Å². The first-order valence-corrected chi connectivity index (χ1v) is 7.90. The van der Waals surface area contributed by atoms with Gasteiger partial charge in [0.05, 0.1) is 9.09 Å². The molecule has 2 heterocycles. The Balaban J connectivity index is 2.29. The van der Waals surface area contributed by atoms with Crippen LogP contribution in [0.1, 0.15) is 10.5 Å². The first kappa shape index (κ1) is 13.8. The van der Waals surface area contributed by atoms with E-state index in [0.717, 1.165) is 20.3 Å². The number of fused-ring (bicyclic) bond motifs is 1. The molecule has 0 fully saturated rings. The maximum absolute atomic E-state index is 11.2. The van der Waals surface area contributed by atoms with Crippen molar-refractivity contribution in [2.75, 3.05) is 0 Å². The molecule has 0 aliphatic carbocycles. The topological polar surface area (TPSA) is 54.6 Å². The highest BCUT2D eigenvalue weighted by Gasteiger charge is 2.18. The summed E-state index contributed by atoms with van der Waals surface area (Å²) in [4.78, 5) is 11.2. The fourth-order valence-electron chi connectivity index (χ4n) is 2.01. The van der Waals surface area contributed by atoms with Gasteiger partial charge in [0, 0.05) is 0 Å². The summed E-state index contributed by atoms with van der Waals surface area (Å²) in [5.41, 5.74) is 3.06. The SMILES string of the molecule is O=C(O)c1nn2c(I)cc(-c3ccccc3)cc2c1I. The summed E-state index contributed by atoms with van der Waals surface area (Å²) in [5, 5.41) is 13.3. The van der Waals surface area contributed by atoms with Crippen molar-refractivity contribution in [3.05, 3.63) is 55.4 Å². The van der Waals surface area contributed by atoms with Crippen LogP contribution in [0.3, 0.4) is 0 Å². The monoisotopic (exact) mass is 490 g/mol. The Morgan fingerprint density at radius 3 is 2.45 bits per heavy atom. The lowest BCUT2D eigenvalue weighted by atomic mass is 10.1. The van der Waals surface area contributed by atoms with Gasteiger partial charge >= 0.3 is 5.97 Å². The predicted octanol–water partition coefficient (Wildman–Crippen LogP) is 3.91. The van der Waals surface area contributed by atoms with Crippen LogP contribution in [-0.4, -0.2) is 20.7 Å². The van der Waals surface area contributed by atoms with Crippen LogP contribution in [0.15, 0.2) is 42.5 Å². The molecule has 0 spiro atoms. The maximum Gasteiger partial charge on any atom is 0.357 e. The van der Waals surface area contributed by atoms with E-state index in [2.05, 4.69) is 27.7 Å². The minimum absolute atomic E-state index is 0.0914. The summed E-state index contributed by atoms with van der Waals surface area (Å²) >= 11 is 4.20. The van der Waals surface area contributed by atoms with Gasteiger partial charge in [-0.05, 0) is 68.4 Å². The molecule has 3 aromatic rings. The van der Waals surface area contributed by atoms with E-state index in [4.69, 9.17) is 5.11 Å². The highest BCUT2D eigenvalue weighted by Crippen LogP contribution is 2.27. The number of halogens is 2. The van der Waals surface area contributed by atoms with E-state index in [9.17, 15) is 4.79 Å². The molecule has 3 rings (SSSR count). The fourth-order valence-corrected chi connectivity index (χ4v) is 3.44. The van der Waals surface area contributed by atoms with E-state index >= 15 is 0 Å². The van der Waals surface area contributed by atoms with Crippen molar-refractivity contribution in [2.45, 2.75) is 0 Å². The number of hydrogen-bond acceptors (Lipinski definition) is 2. The lowest BCUT2D eigenvalue weighted by molar-refractivity contribution is 0.0689. The van der Waals surface area contributed by atoms with Crippen molar-refractivity contribution in [1.29, 1.82) is 0 Å². The lowest BCUT2D eigenvalue weighted by Crippen LogP contribution is -2.00. The van der Waals surface area contributed by atoms with E-state index < -0.39 is 5.97 Å². The van der Waals surface area contributed by atoms with Gasteiger partial charge in [0.25, 0.3) is 0 Å². The standard InChI is InChI=1S/C14H8I2N2O2/c15-11-7-9(8-4-2-1-3-5-8)6-10-12(16)13(14(19)20)17-18(10)11/h1-7H,(H,19,20). The molecule has 6 heteroatoms. The molecule has 0 aliphatic rings. The van der Waals surface area contributed by atoms with E-state index in [1.807, 2.05) is 65.1 Å². The van der Waals surface area contributed by atoms with Crippen molar-refractivity contribution in [3.8, 4) is 11.1 Å². The third-order valence-electron chi connectivity index (χ3n) is 2.94. The minimum Gasteiger partial charge on any atom is -0.476 e. The zero-order chi connectivity index (χ0) is 14.3. The second-order valence-corrected chi connectivity index (χ2v) is 6.38. The molecule has 0 bridgehead atoms. The second kappa shape index (κ2) is 5.32. The van der Waals surface area contributed by atoms with Crippen molar-refractivity contribution in [3.63, 3.8) is 0 Å². The molecule has 1 N–H and O–H groups in total. The number of hydrogen-bond donors (Lipinski definition) is 1. The molecule has 0 amide bonds. The van der Waals surface area contributed by atoms with Gasteiger partial charge in [-0.25, -0.2) is 9.31 Å². The summed E-state index contributed by atoms with van der Waals surface area (Å²) in [6.07, 6.45) is 0. The molecule has 0 radical (unpaired) electrons.